The molecule has 1 saturated heterocycles. The lowest BCUT2D eigenvalue weighted by molar-refractivity contribution is -0.122. The molecule has 0 aromatic heterocycles. The van der Waals surface area contributed by atoms with Crippen LogP contribution < -0.4 is 16.0 Å². The largest absolute Gasteiger partial charge is 0.371 e. The second kappa shape index (κ2) is 7.27. The molecule has 0 bridgehead atoms. The van der Waals surface area contributed by atoms with Crippen LogP contribution >= 0.6 is 15.9 Å². The van der Waals surface area contributed by atoms with Crippen LogP contribution in [0.1, 0.15) is 32.3 Å². The van der Waals surface area contributed by atoms with Crippen LogP contribution in [-0.4, -0.2) is 25.0 Å². The van der Waals surface area contributed by atoms with Crippen LogP contribution in [-0.2, 0) is 11.3 Å². The Hall–Kier alpha value is -1.07. The van der Waals surface area contributed by atoms with Gasteiger partial charge in [0.1, 0.15) is 0 Å². The summed E-state index contributed by atoms with van der Waals surface area (Å²) in [6, 6.07) is 6.97. The molecule has 1 fully saturated rings. The van der Waals surface area contributed by atoms with E-state index in [1.54, 1.807) is 0 Å². The molecular formula is C16H24BrN3O. The monoisotopic (exact) mass is 353 g/mol. The number of carbonyl (C=O) groups is 1. The second-order valence-corrected chi connectivity index (χ2v) is 6.83. The first-order valence-electron chi connectivity index (χ1n) is 7.53. The summed E-state index contributed by atoms with van der Waals surface area (Å²) in [5.74, 6) is -0.120. The second-order valence-electron chi connectivity index (χ2n) is 5.98. The molecule has 1 amide bonds. The minimum absolute atomic E-state index is 0.0409. The molecule has 3 N–H and O–H groups in total. The Morgan fingerprint density at radius 2 is 2.10 bits per heavy atom. The molecule has 1 aliphatic heterocycles. The predicted octanol–water partition coefficient (Wildman–Crippen LogP) is 2.65. The minimum Gasteiger partial charge on any atom is -0.371 e. The van der Waals surface area contributed by atoms with Gasteiger partial charge in [0.2, 0.25) is 5.91 Å². The number of piperidine rings is 1. The standard InChI is InChI=1S/C16H24BrN3O/c1-11(2)19-10-13-3-4-14(9-15(13)17)20-7-5-12(6-8-20)16(18)21/h3-4,9,11-12,19H,5-8,10H2,1-2H3,(H2,18,21). The fraction of sp³-hybridized carbons (Fsp3) is 0.562. The van der Waals surface area contributed by atoms with Gasteiger partial charge in [0, 0.05) is 41.8 Å². The Labute approximate surface area is 135 Å². The maximum atomic E-state index is 11.2. The summed E-state index contributed by atoms with van der Waals surface area (Å²) in [6.45, 7) is 6.94. The summed E-state index contributed by atoms with van der Waals surface area (Å²) < 4.78 is 1.13. The van der Waals surface area contributed by atoms with E-state index in [1.807, 2.05) is 0 Å². The number of carbonyl (C=O) groups excluding carboxylic acids is 1. The molecule has 1 aromatic rings. The lowest BCUT2D eigenvalue weighted by Crippen LogP contribution is -2.38. The number of amides is 1. The van der Waals surface area contributed by atoms with E-state index in [2.05, 4.69) is 58.2 Å². The summed E-state index contributed by atoms with van der Waals surface area (Å²) in [6.07, 6.45) is 1.70. The third-order valence-electron chi connectivity index (χ3n) is 4.00. The van der Waals surface area contributed by atoms with E-state index in [4.69, 9.17) is 5.73 Å². The molecular weight excluding hydrogens is 330 g/mol. The molecule has 0 saturated carbocycles. The van der Waals surface area contributed by atoms with Crippen LogP contribution in [0.3, 0.4) is 0 Å². The lowest BCUT2D eigenvalue weighted by Gasteiger charge is -2.32. The number of rotatable bonds is 5. The highest BCUT2D eigenvalue weighted by Crippen LogP contribution is 2.27. The number of primary amides is 1. The first-order valence-corrected chi connectivity index (χ1v) is 8.32. The van der Waals surface area contributed by atoms with Gasteiger partial charge in [-0.3, -0.25) is 4.79 Å². The smallest absolute Gasteiger partial charge is 0.220 e. The molecule has 0 radical (unpaired) electrons. The number of hydrogen-bond acceptors (Lipinski definition) is 3. The number of nitrogens with two attached hydrogens (primary N) is 1. The molecule has 116 valence electrons. The molecule has 1 aliphatic rings. The SMILES string of the molecule is CC(C)NCc1ccc(N2CCC(C(N)=O)CC2)cc1Br. The number of halogens is 1. The predicted molar refractivity (Wildman–Crippen MR) is 90.2 cm³/mol. The molecule has 0 atom stereocenters. The van der Waals surface area contributed by atoms with E-state index < -0.39 is 0 Å². The minimum atomic E-state index is -0.161. The maximum absolute atomic E-state index is 11.2. The molecule has 4 nitrogen and oxygen atoms in total. The van der Waals surface area contributed by atoms with E-state index in [0.29, 0.717) is 6.04 Å². The molecule has 1 heterocycles. The Kier molecular flexibility index (Phi) is 5.65. The van der Waals surface area contributed by atoms with E-state index >= 15 is 0 Å². The van der Waals surface area contributed by atoms with Gasteiger partial charge in [-0.15, -0.1) is 0 Å². The number of hydrogen-bond donors (Lipinski definition) is 2. The topological polar surface area (TPSA) is 58.4 Å². The number of benzene rings is 1. The van der Waals surface area contributed by atoms with Crippen molar-refractivity contribution < 1.29 is 4.79 Å². The van der Waals surface area contributed by atoms with Crippen molar-refractivity contribution in [1.29, 1.82) is 0 Å². The fourth-order valence-corrected chi connectivity index (χ4v) is 3.12. The van der Waals surface area contributed by atoms with Crippen molar-refractivity contribution in [2.24, 2.45) is 11.7 Å². The summed E-state index contributed by atoms with van der Waals surface area (Å²) in [5.41, 5.74) is 7.85. The van der Waals surface area contributed by atoms with Crippen LogP contribution in [0, 0.1) is 5.92 Å². The Bertz CT molecular complexity index is 496. The molecule has 0 unspecified atom stereocenters. The Balaban J connectivity index is 1.99. The van der Waals surface area contributed by atoms with E-state index in [1.165, 1.54) is 11.3 Å². The maximum Gasteiger partial charge on any atom is 0.220 e. The van der Waals surface area contributed by atoms with Crippen molar-refractivity contribution in [2.75, 3.05) is 18.0 Å². The van der Waals surface area contributed by atoms with Crippen molar-refractivity contribution in [3.05, 3.63) is 28.2 Å². The summed E-state index contributed by atoms with van der Waals surface area (Å²) in [4.78, 5) is 13.5. The fourth-order valence-electron chi connectivity index (χ4n) is 2.61. The van der Waals surface area contributed by atoms with Gasteiger partial charge in [-0.05, 0) is 30.5 Å². The number of nitrogens with zero attached hydrogens (tertiary/aromatic N) is 1. The van der Waals surface area contributed by atoms with Crippen molar-refractivity contribution in [3.8, 4) is 0 Å². The Morgan fingerprint density at radius 1 is 1.43 bits per heavy atom. The zero-order chi connectivity index (χ0) is 15.4. The van der Waals surface area contributed by atoms with Crippen LogP contribution in [0.25, 0.3) is 0 Å². The van der Waals surface area contributed by atoms with E-state index in [0.717, 1.165) is 36.9 Å². The zero-order valence-electron chi connectivity index (χ0n) is 12.7. The quantitative estimate of drug-likeness (QED) is 0.855. The highest BCUT2D eigenvalue weighted by Gasteiger charge is 2.23. The average Bonchev–Trinajstić information content (AvgIpc) is 2.46. The molecule has 21 heavy (non-hydrogen) atoms. The van der Waals surface area contributed by atoms with Gasteiger partial charge in [-0.1, -0.05) is 35.8 Å². The zero-order valence-corrected chi connectivity index (χ0v) is 14.3. The highest BCUT2D eigenvalue weighted by molar-refractivity contribution is 9.10. The van der Waals surface area contributed by atoms with Gasteiger partial charge < -0.3 is 16.0 Å². The molecule has 0 spiro atoms. The van der Waals surface area contributed by atoms with Gasteiger partial charge in [0.25, 0.3) is 0 Å². The van der Waals surface area contributed by atoms with Crippen LogP contribution in [0.4, 0.5) is 5.69 Å². The van der Waals surface area contributed by atoms with Gasteiger partial charge in [0.05, 0.1) is 0 Å². The van der Waals surface area contributed by atoms with Crippen molar-refractivity contribution >= 4 is 27.5 Å². The molecule has 0 aliphatic carbocycles. The summed E-state index contributed by atoms with van der Waals surface area (Å²) >= 11 is 3.66. The van der Waals surface area contributed by atoms with E-state index in [-0.39, 0.29) is 11.8 Å². The van der Waals surface area contributed by atoms with Gasteiger partial charge in [-0.25, -0.2) is 0 Å². The Morgan fingerprint density at radius 3 is 2.62 bits per heavy atom. The van der Waals surface area contributed by atoms with Gasteiger partial charge in [-0.2, -0.15) is 0 Å². The summed E-state index contributed by atoms with van der Waals surface area (Å²) in [7, 11) is 0. The first kappa shape index (κ1) is 16.3. The molecule has 2 rings (SSSR count). The van der Waals surface area contributed by atoms with Gasteiger partial charge >= 0.3 is 0 Å². The number of anilines is 1. The van der Waals surface area contributed by atoms with Crippen LogP contribution in [0.2, 0.25) is 0 Å². The van der Waals surface area contributed by atoms with Crippen molar-refractivity contribution in [1.82, 2.24) is 5.32 Å². The van der Waals surface area contributed by atoms with Crippen molar-refractivity contribution in [2.45, 2.75) is 39.3 Å². The lowest BCUT2D eigenvalue weighted by atomic mass is 9.96. The third kappa shape index (κ3) is 4.45. The molecule has 1 aromatic carbocycles. The van der Waals surface area contributed by atoms with E-state index in [9.17, 15) is 4.79 Å². The van der Waals surface area contributed by atoms with Crippen LogP contribution in [0.5, 0.6) is 0 Å². The van der Waals surface area contributed by atoms with Crippen molar-refractivity contribution in [3.63, 3.8) is 0 Å². The highest BCUT2D eigenvalue weighted by atomic mass is 79.9. The third-order valence-corrected chi connectivity index (χ3v) is 4.74. The average molecular weight is 354 g/mol. The molecule has 5 heteroatoms. The van der Waals surface area contributed by atoms with Gasteiger partial charge in [0.15, 0.2) is 0 Å². The number of nitrogens with one attached hydrogen (secondary N) is 1. The first-order chi connectivity index (χ1) is 9.97. The normalized spacial score (nSPS) is 16.5. The summed E-state index contributed by atoms with van der Waals surface area (Å²) in [5, 5.41) is 3.42. The van der Waals surface area contributed by atoms with Crippen LogP contribution in [0.15, 0.2) is 22.7 Å².